The van der Waals surface area contributed by atoms with Crippen molar-refractivity contribution < 1.29 is 9.47 Å². The minimum absolute atomic E-state index is 0.310. The van der Waals surface area contributed by atoms with Gasteiger partial charge in [-0.15, -0.1) is 0 Å². The summed E-state index contributed by atoms with van der Waals surface area (Å²) in [6.07, 6.45) is 0.310. The highest BCUT2D eigenvalue weighted by Gasteiger charge is 2.10. The summed E-state index contributed by atoms with van der Waals surface area (Å²) in [6, 6.07) is 0. The molecule has 0 saturated carbocycles. The van der Waals surface area contributed by atoms with Crippen LogP contribution in [0.3, 0.4) is 0 Å². The van der Waals surface area contributed by atoms with E-state index in [1.165, 1.54) is 0 Å². The van der Waals surface area contributed by atoms with Crippen LogP contribution in [0, 0.1) is 5.92 Å². The molecule has 2 atom stereocenters. The van der Waals surface area contributed by atoms with E-state index < -0.39 is 0 Å². The Bertz CT molecular complexity index is 63.7. The van der Waals surface area contributed by atoms with Gasteiger partial charge in [-0.1, -0.05) is 6.92 Å². The van der Waals surface area contributed by atoms with Crippen molar-refractivity contribution in [2.75, 3.05) is 20.3 Å². The summed E-state index contributed by atoms with van der Waals surface area (Å²) >= 11 is 0. The molecule has 0 aromatic heterocycles. The fourth-order valence-corrected chi connectivity index (χ4v) is 0.826. The van der Waals surface area contributed by atoms with Crippen molar-refractivity contribution in [3.8, 4) is 0 Å². The van der Waals surface area contributed by atoms with Gasteiger partial charge in [-0.3, -0.25) is 0 Å². The first-order chi connectivity index (χ1) is 4.72. The van der Waals surface area contributed by atoms with E-state index in [9.17, 15) is 0 Å². The first-order valence-electron chi connectivity index (χ1n) is 3.82. The van der Waals surface area contributed by atoms with Gasteiger partial charge >= 0.3 is 0 Å². The standard InChI is InChI=1S/C8H18O2/c1-5-10-8(3)7(2)6-9-4/h7-8H,5-6H2,1-4H3. The second-order valence-electron chi connectivity index (χ2n) is 2.59. The van der Waals surface area contributed by atoms with Crippen molar-refractivity contribution in [1.82, 2.24) is 0 Å². The second-order valence-corrected chi connectivity index (χ2v) is 2.59. The number of rotatable bonds is 5. The van der Waals surface area contributed by atoms with Crippen molar-refractivity contribution in [3.05, 3.63) is 0 Å². The summed E-state index contributed by atoms with van der Waals surface area (Å²) < 4.78 is 10.4. The van der Waals surface area contributed by atoms with Crippen LogP contribution in [0.25, 0.3) is 0 Å². The minimum Gasteiger partial charge on any atom is -0.384 e. The normalized spacial score (nSPS) is 16.8. The largest absolute Gasteiger partial charge is 0.384 e. The highest BCUT2D eigenvalue weighted by Crippen LogP contribution is 2.06. The molecule has 2 nitrogen and oxygen atoms in total. The molecule has 0 aliphatic carbocycles. The van der Waals surface area contributed by atoms with Gasteiger partial charge in [0.05, 0.1) is 12.7 Å². The van der Waals surface area contributed by atoms with Crippen molar-refractivity contribution >= 4 is 0 Å². The monoisotopic (exact) mass is 146 g/mol. The van der Waals surface area contributed by atoms with Gasteiger partial charge in [0, 0.05) is 19.6 Å². The Morgan fingerprint density at radius 2 is 1.90 bits per heavy atom. The molecule has 2 heteroatoms. The van der Waals surface area contributed by atoms with Crippen LogP contribution in [-0.2, 0) is 9.47 Å². The average Bonchev–Trinajstić information content (AvgIpc) is 1.89. The summed E-state index contributed by atoms with van der Waals surface area (Å²) in [6.45, 7) is 7.78. The van der Waals surface area contributed by atoms with Crippen molar-refractivity contribution in [2.45, 2.75) is 26.9 Å². The van der Waals surface area contributed by atoms with E-state index in [0.29, 0.717) is 12.0 Å². The zero-order chi connectivity index (χ0) is 7.98. The molecule has 0 spiro atoms. The predicted molar refractivity (Wildman–Crippen MR) is 42.1 cm³/mol. The molecule has 0 saturated heterocycles. The lowest BCUT2D eigenvalue weighted by molar-refractivity contribution is 0.00947. The van der Waals surface area contributed by atoms with E-state index >= 15 is 0 Å². The van der Waals surface area contributed by atoms with Crippen LogP contribution >= 0.6 is 0 Å². The molecule has 0 aromatic carbocycles. The summed E-state index contributed by atoms with van der Waals surface area (Å²) in [5.74, 6) is 0.491. The Morgan fingerprint density at radius 1 is 1.30 bits per heavy atom. The molecule has 0 radical (unpaired) electrons. The van der Waals surface area contributed by atoms with Crippen LogP contribution in [0.2, 0.25) is 0 Å². The summed E-state index contributed by atoms with van der Waals surface area (Å²) in [4.78, 5) is 0. The second kappa shape index (κ2) is 5.69. The van der Waals surface area contributed by atoms with E-state index in [4.69, 9.17) is 9.47 Å². The first-order valence-corrected chi connectivity index (χ1v) is 3.82. The SMILES string of the molecule is CCOC(C)C(C)COC. The van der Waals surface area contributed by atoms with Crippen LogP contribution in [0.4, 0.5) is 0 Å². The smallest absolute Gasteiger partial charge is 0.0594 e. The maximum Gasteiger partial charge on any atom is 0.0594 e. The molecule has 0 heterocycles. The Labute approximate surface area is 63.5 Å². The van der Waals surface area contributed by atoms with Gasteiger partial charge in [-0.25, -0.2) is 0 Å². The maximum atomic E-state index is 5.38. The quantitative estimate of drug-likeness (QED) is 0.587. The molecule has 0 rings (SSSR count). The highest BCUT2D eigenvalue weighted by atomic mass is 16.5. The number of hydrogen-bond donors (Lipinski definition) is 0. The Morgan fingerprint density at radius 3 is 2.30 bits per heavy atom. The third-order valence-electron chi connectivity index (χ3n) is 1.66. The Hall–Kier alpha value is -0.0800. The van der Waals surface area contributed by atoms with Crippen LogP contribution < -0.4 is 0 Å². The van der Waals surface area contributed by atoms with Crippen molar-refractivity contribution in [2.24, 2.45) is 5.92 Å². The molecular weight excluding hydrogens is 128 g/mol. The van der Waals surface area contributed by atoms with Gasteiger partial charge in [-0.2, -0.15) is 0 Å². The Kier molecular flexibility index (Phi) is 5.64. The lowest BCUT2D eigenvalue weighted by Crippen LogP contribution is -2.21. The lowest BCUT2D eigenvalue weighted by Gasteiger charge is -2.18. The lowest BCUT2D eigenvalue weighted by atomic mass is 10.1. The molecule has 0 aromatic rings. The fraction of sp³-hybridized carbons (Fsp3) is 1.00. The molecule has 0 bridgehead atoms. The molecule has 0 aliphatic rings. The average molecular weight is 146 g/mol. The topological polar surface area (TPSA) is 18.5 Å². The summed E-state index contributed by atoms with van der Waals surface area (Å²) in [5, 5.41) is 0. The Balaban J connectivity index is 3.38. The number of ether oxygens (including phenoxy) is 2. The van der Waals surface area contributed by atoms with Gasteiger partial charge in [0.15, 0.2) is 0 Å². The van der Waals surface area contributed by atoms with E-state index in [-0.39, 0.29) is 0 Å². The first kappa shape index (κ1) is 9.92. The van der Waals surface area contributed by atoms with Crippen LogP contribution in [0.5, 0.6) is 0 Å². The molecule has 62 valence electrons. The van der Waals surface area contributed by atoms with E-state index in [1.807, 2.05) is 6.92 Å². The fourth-order valence-electron chi connectivity index (χ4n) is 0.826. The highest BCUT2D eigenvalue weighted by molar-refractivity contribution is 4.58. The van der Waals surface area contributed by atoms with E-state index in [0.717, 1.165) is 13.2 Å². The van der Waals surface area contributed by atoms with Crippen molar-refractivity contribution in [3.63, 3.8) is 0 Å². The summed E-state index contributed by atoms with van der Waals surface area (Å²) in [7, 11) is 1.72. The summed E-state index contributed by atoms with van der Waals surface area (Å²) in [5.41, 5.74) is 0. The van der Waals surface area contributed by atoms with Gasteiger partial charge in [0.2, 0.25) is 0 Å². The maximum absolute atomic E-state index is 5.38. The molecule has 0 N–H and O–H groups in total. The van der Waals surface area contributed by atoms with Crippen LogP contribution in [0.1, 0.15) is 20.8 Å². The van der Waals surface area contributed by atoms with E-state index in [1.54, 1.807) is 7.11 Å². The molecule has 0 amide bonds. The molecule has 0 fully saturated rings. The molecule has 0 aliphatic heterocycles. The van der Waals surface area contributed by atoms with E-state index in [2.05, 4.69) is 13.8 Å². The minimum atomic E-state index is 0.310. The third kappa shape index (κ3) is 3.85. The molecular formula is C8H18O2. The van der Waals surface area contributed by atoms with Gasteiger partial charge in [0.25, 0.3) is 0 Å². The zero-order valence-corrected chi connectivity index (χ0v) is 7.39. The molecule has 2 unspecified atom stereocenters. The molecule has 10 heavy (non-hydrogen) atoms. The number of methoxy groups -OCH3 is 1. The van der Waals surface area contributed by atoms with Gasteiger partial charge in [-0.05, 0) is 13.8 Å². The predicted octanol–water partition coefficient (Wildman–Crippen LogP) is 1.69. The number of hydrogen-bond acceptors (Lipinski definition) is 2. The zero-order valence-electron chi connectivity index (χ0n) is 7.39. The van der Waals surface area contributed by atoms with Crippen LogP contribution in [0.15, 0.2) is 0 Å². The van der Waals surface area contributed by atoms with Gasteiger partial charge < -0.3 is 9.47 Å². The van der Waals surface area contributed by atoms with Crippen LogP contribution in [-0.4, -0.2) is 26.4 Å². The third-order valence-corrected chi connectivity index (χ3v) is 1.66. The van der Waals surface area contributed by atoms with Crippen molar-refractivity contribution in [1.29, 1.82) is 0 Å². The van der Waals surface area contributed by atoms with Gasteiger partial charge in [0.1, 0.15) is 0 Å².